The summed E-state index contributed by atoms with van der Waals surface area (Å²) in [7, 11) is 0. The second-order valence-electron chi connectivity index (χ2n) is 6.57. The number of rotatable bonds is 5. The van der Waals surface area contributed by atoms with E-state index in [0.29, 0.717) is 0 Å². The molecule has 3 rings (SSSR count). The zero-order valence-electron chi connectivity index (χ0n) is 14.2. The van der Waals surface area contributed by atoms with Crippen LogP contribution < -0.4 is 15.4 Å². The normalized spacial score (nSPS) is 15.5. The third-order valence-corrected chi connectivity index (χ3v) is 4.37. The molecule has 126 valence electrons. The first-order chi connectivity index (χ1) is 11.6. The number of nitrogens with one attached hydrogen (secondary N) is 2. The first kappa shape index (κ1) is 16.4. The van der Waals surface area contributed by atoms with Crippen molar-refractivity contribution in [3.05, 3.63) is 60.2 Å². The predicted molar refractivity (Wildman–Crippen MR) is 96.3 cm³/mol. The van der Waals surface area contributed by atoms with E-state index in [4.69, 9.17) is 4.74 Å². The molecular formula is C20H24N2O2. The minimum Gasteiger partial charge on any atom is -0.491 e. The molecule has 1 saturated carbocycles. The van der Waals surface area contributed by atoms with Crippen molar-refractivity contribution in [3.63, 3.8) is 0 Å². The molecule has 0 bridgehead atoms. The van der Waals surface area contributed by atoms with Gasteiger partial charge in [-0.25, -0.2) is 4.79 Å². The van der Waals surface area contributed by atoms with Gasteiger partial charge in [0, 0.05) is 5.69 Å². The maximum absolute atomic E-state index is 12.4. The maximum atomic E-state index is 12.4. The van der Waals surface area contributed by atoms with Crippen molar-refractivity contribution in [1.29, 1.82) is 0 Å². The lowest BCUT2D eigenvalue weighted by molar-refractivity contribution is 0.185. The Bertz CT molecular complexity index is 677. The second-order valence-corrected chi connectivity index (χ2v) is 6.57. The van der Waals surface area contributed by atoms with Gasteiger partial charge in [0.1, 0.15) is 5.75 Å². The molecule has 1 aliphatic carbocycles. The summed E-state index contributed by atoms with van der Waals surface area (Å²) in [6.07, 6.45) is 3.23. The van der Waals surface area contributed by atoms with E-state index in [9.17, 15) is 4.79 Å². The van der Waals surface area contributed by atoms with Gasteiger partial charge in [-0.3, -0.25) is 0 Å². The Balaban J connectivity index is 1.63. The molecule has 0 saturated heterocycles. The van der Waals surface area contributed by atoms with Gasteiger partial charge in [-0.1, -0.05) is 30.3 Å². The Morgan fingerprint density at radius 3 is 2.25 bits per heavy atom. The van der Waals surface area contributed by atoms with Crippen LogP contribution in [0.15, 0.2) is 54.6 Å². The molecule has 2 aromatic rings. The van der Waals surface area contributed by atoms with E-state index in [1.807, 2.05) is 56.3 Å². The SMILES string of the molecule is CC(C)Oc1ccc(NC(=O)NC2(c3ccccc3)CCC2)cc1. The van der Waals surface area contributed by atoms with Crippen LogP contribution in [0, 0.1) is 0 Å². The fraction of sp³-hybridized carbons (Fsp3) is 0.350. The number of anilines is 1. The molecule has 0 spiro atoms. The summed E-state index contributed by atoms with van der Waals surface area (Å²) in [5.41, 5.74) is 1.70. The second kappa shape index (κ2) is 6.95. The van der Waals surface area contributed by atoms with Gasteiger partial charge in [-0.15, -0.1) is 0 Å². The van der Waals surface area contributed by atoms with Crippen molar-refractivity contribution < 1.29 is 9.53 Å². The van der Waals surface area contributed by atoms with E-state index < -0.39 is 0 Å². The van der Waals surface area contributed by atoms with E-state index in [0.717, 1.165) is 30.7 Å². The van der Waals surface area contributed by atoms with Gasteiger partial charge < -0.3 is 15.4 Å². The molecule has 2 amide bonds. The number of hydrogen-bond acceptors (Lipinski definition) is 2. The quantitative estimate of drug-likeness (QED) is 0.839. The number of urea groups is 1. The molecular weight excluding hydrogens is 300 g/mol. The highest BCUT2D eigenvalue weighted by atomic mass is 16.5. The molecule has 0 heterocycles. The summed E-state index contributed by atoms with van der Waals surface area (Å²) in [5.74, 6) is 0.802. The van der Waals surface area contributed by atoms with Crippen LogP contribution in [0.2, 0.25) is 0 Å². The molecule has 2 N–H and O–H groups in total. The van der Waals surface area contributed by atoms with Crippen LogP contribution in [0.25, 0.3) is 0 Å². The first-order valence-corrected chi connectivity index (χ1v) is 8.49. The van der Waals surface area contributed by atoms with Gasteiger partial charge in [-0.2, -0.15) is 0 Å². The summed E-state index contributed by atoms with van der Waals surface area (Å²) < 4.78 is 5.61. The Labute approximate surface area is 143 Å². The van der Waals surface area contributed by atoms with E-state index in [-0.39, 0.29) is 17.7 Å². The summed E-state index contributed by atoms with van der Waals surface area (Å²) in [6, 6.07) is 17.5. The van der Waals surface area contributed by atoms with Crippen LogP contribution in [-0.2, 0) is 5.54 Å². The predicted octanol–water partition coefficient (Wildman–Crippen LogP) is 4.67. The fourth-order valence-electron chi connectivity index (χ4n) is 3.04. The smallest absolute Gasteiger partial charge is 0.319 e. The highest BCUT2D eigenvalue weighted by Gasteiger charge is 2.39. The first-order valence-electron chi connectivity index (χ1n) is 8.49. The van der Waals surface area contributed by atoms with Crippen LogP contribution in [0.3, 0.4) is 0 Å². The molecule has 0 aliphatic heterocycles. The lowest BCUT2D eigenvalue weighted by Crippen LogP contribution is -2.52. The molecule has 2 aromatic carbocycles. The summed E-state index contributed by atoms with van der Waals surface area (Å²) in [4.78, 5) is 12.4. The number of ether oxygens (including phenoxy) is 1. The van der Waals surface area contributed by atoms with Crippen LogP contribution in [-0.4, -0.2) is 12.1 Å². The molecule has 1 aliphatic rings. The molecule has 0 unspecified atom stereocenters. The molecule has 24 heavy (non-hydrogen) atoms. The molecule has 0 aromatic heterocycles. The van der Waals surface area contributed by atoms with E-state index in [2.05, 4.69) is 22.8 Å². The Morgan fingerprint density at radius 2 is 1.71 bits per heavy atom. The Hall–Kier alpha value is -2.49. The van der Waals surface area contributed by atoms with E-state index >= 15 is 0 Å². The van der Waals surface area contributed by atoms with E-state index in [1.165, 1.54) is 5.56 Å². The Morgan fingerprint density at radius 1 is 1.04 bits per heavy atom. The highest BCUT2D eigenvalue weighted by Crippen LogP contribution is 2.41. The zero-order chi connectivity index (χ0) is 17.0. The van der Waals surface area contributed by atoms with Crippen molar-refractivity contribution in [1.82, 2.24) is 5.32 Å². The summed E-state index contributed by atoms with van der Waals surface area (Å²) in [5, 5.41) is 6.07. The number of hydrogen-bond donors (Lipinski definition) is 2. The van der Waals surface area contributed by atoms with Crippen molar-refractivity contribution in [2.24, 2.45) is 0 Å². The van der Waals surface area contributed by atoms with Crippen molar-refractivity contribution in [3.8, 4) is 5.75 Å². The van der Waals surface area contributed by atoms with Gasteiger partial charge in [0.05, 0.1) is 11.6 Å². The van der Waals surface area contributed by atoms with Crippen LogP contribution in [0.4, 0.5) is 10.5 Å². The number of carbonyl (C=O) groups is 1. The largest absolute Gasteiger partial charge is 0.491 e. The van der Waals surface area contributed by atoms with Gasteiger partial charge >= 0.3 is 6.03 Å². The van der Waals surface area contributed by atoms with Crippen molar-refractivity contribution in [2.75, 3.05) is 5.32 Å². The topological polar surface area (TPSA) is 50.4 Å². The number of amides is 2. The van der Waals surface area contributed by atoms with Gasteiger partial charge in [0.15, 0.2) is 0 Å². The van der Waals surface area contributed by atoms with Crippen molar-refractivity contribution in [2.45, 2.75) is 44.8 Å². The third kappa shape index (κ3) is 3.70. The zero-order valence-corrected chi connectivity index (χ0v) is 14.2. The maximum Gasteiger partial charge on any atom is 0.319 e. The molecule has 0 atom stereocenters. The summed E-state index contributed by atoms with van der Waals surface area (Å²) in [6.45, 7) is 3.97. The van der Waals surface area contributed by atoms with Crippen LogP contribution in [0.1, 0.15) is 38.7 Å². The number of benzene rings is 2. The van der Waals surface area contributed by atoms with Gasteiger partial charge in [0.25, 0.3) is 0 Å². The molecule has 4 heteroatoms. The highest BCUT2D eigenvalue weighted by molar-refractivity contribution is 5.90. The minimum atomic E-state index is -0.230. The summed E-state index contributed by atoms with van der Waals surface area (Å²) >= 11 is 0. The van der Waals surface area contributed by atoms with Crippen LogP contribution in [0.5, 0.6) is 5.75 Å². The van der Waals surface area contributed by atoms with Gasteiger partial charge in [0.2, 0.25) is 0 Å². The lowest BCUT2D eigenvalue weighted by atomic mass is 9.72. The monoisotopic (exact) mass is 324 g/mol. The molecule has 4 nitrogen and oxygen atoms in total. The minimum absolute atomic E-state index is 0.136. The van der Waals surface area contributed by atoms with Crippen LogP contribution >= 0.6 is 0 Å². The fourth-order valence-corrected chi connectivity index (χ4v) is 3.04. The number of carbonyl (C=O) groups excluding carboxylic acids is 1. The molecule has 1 fully saturated rings. The standard InChI is InChI=1S/C20H24N2O2/c1-15(2)24-18-11-9-17(10-12-18)21-19(23)22-20(13-6-14-20)16-7-4-3-5-8-16/h3-5,7-12,15H,6,13-14H2,1-2H3,(H2,21,22,23). The van der Waals surface area contributed by atoms with Crippen molar-refractivity contribution >= 4 is 11.7 Å². The van der Waals surface area contributed by atoms with E-state index in [1.54, 1.807) is 0 Å². The average molecular weight is 324 g/mol. The average Bonchev–Trinajstić information content (AvgIpc) is 2.53. The van der Waals surface area contributed by atoms with Gasteiger partial charge in [-0.05, 0) is 62.9 Å². The lowest BCUT2D eigenvalue weighted by Gasteiger charge is -2.43. The third-order valence-electron chi connectivity index (χ3n) is 4.37. The Kier molecular flexibility index (Phi) is 4.74. The molecule has 0 radical (unpaired) electrons.